The summed E-state index contributed by atoms with van der Waals surface area (Å²) in [7, 11) is 0. The van der Waals surface area contributed by atoms with E-state index < -0.39 is 0 Å². The van der Waals surface area contributed by atoms with E-state index in [2.05, 4.69) is 23.7 Å². The van der Waals surface area contributed by atoms with Gasteiger partial charge in [-0.2, -0.15) is 0 Å². The molecule has 0 amide bonds. The Morgan fingerprint density at radius 1 is 1.56 bits per heavy atom. The van der Waals surface area contributed by atoms with Gasteiger partial charge in [-0.15, -0.1) is 0 Å². The normalized spacial score (nSPS) is 23.4. The first-order valence-corrected chi connectivity index (χ1v) is 6.80. The van der Waals surface area contributed by atoms with Crippen LogP contribution in [0.4, 0.5) is 5.82 Å². The number of aromatic nitrogens is 1. The molecule has 1 fully saturated rings. The first kappa shape index (κ1) is 13.1. The summed E-state index contributed by atoms with van der Waals surface area (Å²) < 4.78 is 5.78. The summed E-state index contributed by atoms with van der Waals surface area (Å²) in [5.74, 6) is 2.43. The molecule has 2 N–H and O–H groups in total. The van der Waals surface area contributed by atoms with E-state index in [4.69, 9.17) is 10.5 Å². The van der Waals surface area contributed by atoms with Gasteiger partial charge in [0.05, 0.1) is 6.61 Å². The van der Waals surface area contributed by atoms with Crippen LogP contribution in [-0.4, -0.2) is 30.7 Å². The second-order valence-corrected chi connectivity index (χ2v) is 5.01. The van der Waals surface area contributed by atoms with Crippen LogP contribution in [0.1, 0.15) is 26.7 Å². The van der Waals surface area contributed by atoms with E-state index in [0.717, 1.165) is 44.1 Å². The van der Waals surface area contributed by atoms with Gasteiger partial charge in [0.15, 0.2) is 11.6 Å². The van der Waals surface area contributed by atoms with Crippen molar-refractivity contribution in [3.63, 3.8) is 0 Å². The highest BCUT2D eigenvalue weighted by molar-refractivity contribution is 5.53. The lowest BCUT2D eigenvalue weighted by Crippen LogP contribution is -2.28. The van der Waals surface area contributed by atoms with Crippen molar-refractivity contribution in [2.45, 2.75) is 32.7 Å². The molecule has 2 heterocycles. The summed E-state index contributed by atoms with van der Waals surface area (Å²) in [6, 6.07) is 4.41. The molecule has 18 heavy (non-hydrogen) atoms. The summed E-state index contributed by atoms with van der Waals surface area (Å²) in [5, 5.41) is 0. The largest absolute Gasteiger partial charge is 0.490 e. The number of ether oxygens (including phenoxy) is 1. The van der Waals surface area contributed by atoms with Crippen LogP contribution in [0.25, 0.3) is 0 Å². The molecular formula is C14H23N3O. The minimum Gasteiger partial charge on any atom is -0.490 e. The van der Waals surface area contributed by atoms with Crippen LogP contribution in [-0.2, 0) is 0 Å². The van der Waals surface area contributed by atoms with Crippen LogP contribution >= 0.6 is 0 Å². The minimum absolute atomic E-state index is 0.484. The average molecular weight is 249 g/mol. The van der Waals surface area contributed by atoms with Crippen molar-refractivity contribution in [2.24, 2.45) is 11.7 Å². The fourth-order valence-electron chi connectivity index (χ4n) is 2.53. The molecule has 2 unspecified atom stereocenters. The quantitative estimate of drug-likeness (QED) is 0.867. The average Bonchev–Trinajstić information content (AvgIpc) is 2.78. The Balaban J connectivity index is 2.17. The zero-order chi connectivity index (χ0) is 13.0. The third-order valence-corrected chi connectivity index (χ3v) is 3.48. The monoisotopic (exact) mass is 249 g/mol. The molecule has 0 aliphatic carbocycles. The van der Waals surface area contributed by atoms with E-state index >= 15 is 0 Å². The third kappa shape index (κ3) is 2.75. The van der Waals surface area contributed by atoms with Crippen LogP contribution in [0.5, 0.6) is 5.75 Å². The molecular weight excluding hydrogens is 226 g/mol. The van der Waals surface area contributed by atoms with Gasteiger partial charge in [0.2, 0.25) is 0 Å². The molecule has 4 nitrogen and oxygen atoms in total. The number of anilines is 1. The highest BCUT2D eigenvalue weighted by Crippen LogP contribution is 2.33. The molecule has 1 aromatic heterocycles. The maximum atomic E-state index is 5.78. The number of nitrogens with zero attached hydrogens (tertiary/aromatic N) is 2. The molecule has 2 atom stereocenters. The Morgan fingerprint density at radius 2 is 2.39 bits per heavy atom. The SMILES string of the molecule is CCCOc1cccnc1N1CC(CN)CC1C. The summed E-state index contributed by atoms with van der Waals surface area (Å²) in [5.41, 5.74) is 5.78. The molecule has 0 radical (unpaired) electrons. The molecule has 0 spiro atoms. The molecule has 0 aromatic carbocycles. The highest BCUT2D eigenvalue weighted by atomic mass is 16.5. The Hall–Kier alpha value is -1.29. The second kappa shape index (κ2) is 6.05. The summed E-state index contributed by atoms with van der Waals surface area (Å²) in [6.07, 6.45) is 3.98. The Bertz CT molecular complexity index is 383. The molecule has 4 heteroatoms. The lowest BCUT2D eigenvalue weighted by Gasteiger charge is -2.24. The van der Waals surface area contributed by atoms with Crippen molar-refractivity contribution in [1.82, 2.24) is 4.98 Å². The van der Waals surface area contributed by atoms with Gasteiger partial charge in [0.25, 0.3) is 0 Å². The topological polar surface area (TPSA) is 51.4 Å². The summed E-state index contributed by atoms with van der Waals surface area (Å²) in [4.78, 5) is 6.81. The fraction of sp³-hybridized carbons (Fsp3) is 0.643. The van der Waals surface area contributed by atoms with Crippen molar-refractivity contribution < 1.29 is 4.74 Å². The van der Waals surface area contributed by atoms with E-state index in [9.17, 15) is 0 Å². The van der Waals surface area contributed by atoms with Gasteiger partial charge in [-0.3, -0.25) is 0 Å². The molecule has 2 rings (SSSR count). The number of hydrogen-bond acceptors (Lipinski definition) is 4. The predicted octanol–water partition coefficient (Wildman–Crippen LogP) is 2.04. The molecule has 1 aliphatic rings. The van der Waals surface area contributed by atoms with E-state index in [1.165, 1.54) is 0 Å². The van der Waals surface area contributed by atoms with Crippen LogP contribution in [0, 0.1) is 5.92 Å². The first-order valence-electron chi connectivity index (χ1n) is 6.80. The Kier molecular flexibility index (Phi) is 4.42. The lowest BCUT2D eigenvalue weighted by atomic mass is 10.1. The lowest BCUT2D eigenvalue weighted by molar-refractivity contribution is 0.316. The number of hydrogen-bond donors (Lipinski definition) is 1. The number of pyridine rings is 1. The molecule has 0 saturated carbocycles. The Labute approximate surface area is 109 Å². The molecule has 1 aliphatic heterocycles. The number of rotatable bonds is 5. The van der Waals surface area contributed by atoms with Crippen molar-refractivity contribution in [3.8, 4) is 5.75 Å². The van der Waals surface area contributed by atoms with E-state index in [1.807, 2.05) is 18.3 Å². The van der Waals surface area contributed by atoms with Crippen LogP contribution < -0.4 is 15.4 Å². The molecule has 0 bridgehead atoms. The summed E-state index contributed by atoms with van der Waals surface area (Å²) in [6.45, 7) is 6.81. The zero-order valence-corrected chi connectivity index (χ0v) is 11.3. The van der Waals surface area contributed by atoms with E-state index in [0.29, 0.717) is 12.0 Å². The third-order valence-electron chi connectivity index (χ3n) is 3.48. The first-order chi connectivity index (χ1) is 8.76. The standard InChI is InChI=1S/C14H23N3O/c1-3-7-18-13-5-4-6-16-14(13)17-10-12(9-15)8-11(17)2/h4-6,11-12H,3,7-10,15H2,1-2H3. The van der Waals surface area contributed by atoms with Gasteiger partial charge >= 0.3 is 0 Å². The van der Waals surface area contributed by atoms with Gasteiger partial charge in [0.1, 0.15) is 0 Å². The van der Waals surface area contributed by atoms with E-state index in [-0.39, 0.29) is 0 Å². The van der Waals surface area contributed by atoms with Gasteiger partial charge in [0, 0.05) is 18.8 Å². The molecule has 1 aromatic rings. The van der Waals surface area contributed by atoms with Crippen LogP contribution in [0.2, 0.25) is 0 Å². The summed E-state index contributed by atoms with van der Waals surface area (Å²) >= 11 is 0. The Morgan fingerprint density at radius 3 is 3.06 bits per heavy atom. The number of nitrogens with two attached hydrogens (primary N) is 1. The smallest absolute Gasteiger partial charge is 0.171 e. The van der Waals surface area contributed by atoms with E-state index in [1.54, 1.807) is 0 Å². The van der Waals surface area contributed by atoms with Gasteiger partial charge in [-0.1, -0.05) is 6.92 Å². The minimum atomic E-state index is 0.484. The predicted molar refractivity (Wildman–Crippen MR) is 74.0 cm³/mol. The zero-order valence-electron chi connectivity index (χ0n) is 11.3. The van der Waals surface area contributed by atoms with Gasteiger partial charge in [-0.25, -0.2) is 4.98 Å². The van der Waals surface area contributed by atoms with Crippen molar-refractivity contribution >= 4 is 5.82 Å². The van der Waals surface area contributed by atoms with Crippen LogP contribution in [0.3, 0.4) is 0 Å². The second-order valence-electron chi connectivity index (χ2n) is 5.01. The van der Waals surface area contributed by atoms with Crippen molar-refractivity contribution in [3.05, 3.63) is 18.3 Å². The van der Waals surface area contributed by atoms with Crippen molar-refractivity contribution in [1.29, 1.82) is 0 Å². The molecule has 100 valence electrons. The maximum absolute atomic E-state index is 5.78. The van der Waals surface area contributed by atoms with Gasteiger partial charge in [-0.05, 0) is 44.4 Å². The fourth-order valence-corrected chi connectivity index (χ4v) is 2.53. The molecule has 1 saturated heterocycles. The van der Waals surface area contributed by atoms with Gasteiger partial charge < -0.3 is 15.4 Å². The van der Waals surface area contributed by atoms with Crippen LogP contribution in [0.15, 0.2) is 18.3 Å². The highest BCUT2D eigenvalue weighted by Gasteiger charge is 2.30. The maximum Gasteiger partial charge on any atom is 0.171 e. The van der Waals surface area contributed by atoms with Crippen molar-refractivity contribution in [2.75, 3.05) is 24.6 Å².